The monoisotopic (exact) mass is 388 g/mol. The van der Waals surface area contributed by atoms with Gasteiger partial charge in [0.2, 0.25) is 0 Å². The second-order valence-electron chi connectivity index (χ2n) is 6.90. The van der Waals surface area contributed by atoms with Crippen LogP contribution < -0.4 is 5.56 Å². The largest absolute Gasteiger partial charge is 0.383 e. The van der Waals surface area contributed by atoms with Crippen molar-refractivity contribution < 1.29 is 4.74 Å². The molecule has 1 aromatic carbocycles. The normalized spacial score (nSPS) is 16.8. The van der Waals surface area contributed by atoms with Crippen molar-refractivity contribution in [2.75, 3.05) is 13.7 Å². The Morgan fingerprint density at radius 2 is 2.19 bits per heavy atom. The Kier molecular flexibility index (Phi) is 4.86. The van der Waals surface area contributed by atoms with Crippen molar-refractivity contribution >= 4 is 33.2 Å². The van der Waals surface area contributed by atoms with Crippen molar-refractivity contribution in [3.63, 3.8) is 0 Å². The van der Waals surface area contributed by atoms with E-state index in [0.29, 0.717) is 29.9 Å². The molecular weight excluding hydrogens is 368 g/mol. The molecular formula is C20H21ClN2O2S. The summed E-state index contributed by atoms with van der Waals surface area (Å²) in [6.07, 6.45) is 3.13. The van der Waals surface area contributed by atoms with Gasteiger partial charge in [0, 0.05) is 17.6 Å². The van der Waals surface area contributed by atoms with Gasteiger partial charge in [0.05, 0.1) is 23.6 Å². The summed E-state index contributed by atoms with van der Waals surface area (Å²) in [5.41, 5.74) is 2.01. The molecule has 0 saturated heterocycles. The first kappa shape index (κ1) is 17.7. The van der Waals surface area contributed by atoms with Crippen molar-refractivity contribution in [1.29, 1.82) is 0 Å². The number of hydrogen-bond donors (Lipinski definition) is 0. The van der Waals surface area contributed by atoms with Crippen LogP contribution in [0.1, 0.15) is 23.8 Å². The molecule has 1 aliphatic rings. The quantitative estimate of drug-likeness (QED) is 0.658. The molecule has 0 bridgehead atoms. The van der Waals surface area contributed by atoms with E-state index < -0.39 is 0 Å². The van der Waals surface area contributed by atoms with Gasteiger partial charge in [-0.2, -0.15) is 0 Å². The highest BCUT2D eigenvalue weighted by atomic mass is 35.5. The van der Waals surface area contributed by atoms with Crippen LogP contribution in [0.25, 0.3) is 21.6 Å². The van der Waals surface area contributed by atoms with E-state index in [2.05, 4.69) is 6.92 Å². The van der Waals surface area contributed by atoms with E-state index >= 15 is 0 Å². The number of nitrogens with zero attached hydrogens (tertiary/aromatic N) is 2. The minimum absolute atomic E-state index is 0.0222. The molecule has 0 amide bonds. The molecule has 136 valence electrons. The fraction of sp³-hybridized carbons (Fsp3) is 0.400. The summed E-state index contributed by atoms with van der Waals surface area (Å²) in [6.45, 7) is 3.18. The van der Waals surface area contributed by atoms with Crippen LogP contribution in [0.15, 0.2) is 29.1 Å². The maximum absolute atomic E-state index is 13.4. The highest BCUT2D eigenvalue weighted by Crippen LogP contribution is 2.37. The summed E-state index contributed by atoms with van der Waals surface area (Å²) >= 11 is 8.07. The standard InChI is InChI=1S/C20H21ClN2O2S/c1-12-7-8-14-16(11-12)26-19-17(14)20(24)23(9-10-25-2)18(22-19)13-5-3-4-6-15(13)21/h3-6,12H,7-11H2,1-2H3. The van der Waals surface area contributed by atoms with Gasteiger partial charge in [-0.1, -0.05) is 30.7 Å². The van der Waals surface area contributed by atoms with Gasteiger partial charge in [0.15, 0.2) is 0 Å². The fourth-order valence-corrected chi connectivity index (χ4v) is 5.26. The molecule has 2 heterocycles. The van der Waals surface area contributed by atoms with Crippen molar-refractivity contribution in [1.82, 2.24) is 9.55 Å². The predicted molar refractivity (Wildman–Crippen MR) is 107 cm³/mol. The zero-order valence-electron chi connectivity index (χ0n) is 14.9. The van der Waals surface area contributed by atoms with Crippen molar-refractivity contribution in [2.45, 2.75) is 32.7 Å². The van der Waals surface area contributed by atoms with Gasteiger partial charge in [0.1, 0.15) is 10.7 Å². The van der Waals surface area contributed by atoms with Crippen LogP contribution in [0, 0.1) is 5.92 Å². The molecule has 3 aromatic rings. The summed E-state index contributed by atoms with van der Waals surface area (Å²) in [7, 11) is 1.64. The molecule has 1 atom stereocenters. The Bertz CT molecular complexity index is 1020. The maximum Gasteiger partial charge on any atom is 0.262 e. The third-order valence-electron chi connectivity index (χ3n) is 5.05. The van der Waals surface area contributed by atoms with Crippen LogP contribution in [0.3, 0.4) is 0 Å². The van der Waals surface area contributed by atoms with Crippen LogP contribution >= 0.6 is 22.9 Å². The number of methoxy groups -OCH3 is 1. The molecule has 0 radical (unpaired) electrons. The predicted octanol–water partition coefficient (Wildman–Crippen LogP) is 4.55. The second-order valence-corrected chi connectivity index (χ2v) is 8.39. The number of halogens is 1. The van der Waals surface area contributed by atoms with E-state index in [1.807, 2.05) is 24.3 Å². The number of ether oxygens (including phenoxy) is 1. The van der Waals surface area contributed by atoms with Gasteiger partial charge in [-0.15, -0.1) is 11.3 Å². The maximum atomic E-state index is 13.4. The molecule has 4 nitrogen and oxygen atoms in total. The lowest BCUT2D eigenvalue weighted by molar-refractivity contribution is 0.186. The first-order valence-electron chi connectivity index (χ1n) is 8.89. The lowest BCUT2D eigenvalue weighted by Gasteiger charge is -2.18. The number of aromatic nitrogens is 2. The van der Waals surface area contributed by atoms with Gasteiger partial charge in [-0.05, 0) is 42.9 Å². The smallest absolute Gasteiger partial charge is 0.262 e. The van der Waals surface area contributed by atoms with Crippen molar-refractivity contribution in [3.05, 3.63) is 50.1 Å². The van der Waals surface area contributed by atoms with Gasteiger partial charge in [-0.3, -0.25) is 9.36 Å². The topological polar surface area (TPSA) is 44.1 Å². The van der Waals surface area contributed by atoms with Gasteiger partial charge < -0.3 is 4.74 Å². The van der Waals surface area contributed by atoms with Gasteiger partial charge in [-0.25, -0.2) is 4.98 Å². The van der Waals surface area contributed by atoms with Crippen molar-refractivity contribution in [2.24, 2.45) is 5.92 Å². The first-order chi connectivity index (χ1) is 12.6. The Hall–Kier alpha value is -1.69. The Morgan fingerprint density at radius 1 is 1.38 bits per heavy atom. The Morgan fingerprint density at radius 3 is 2.96 bits per heavy atom. The van der Waals surface area contributed by atoms with Gasteiger partial charge in [0.25, 0.3) is 5.56 Å². The number of aryl methyl sites for hydroxylation is 1. The van der Waals surface area contributed by atoms with E-state index in [-0.39, 0.29) is 5.56 Å². The minimum atomic E-state index is 0.0222. The number of rotatable bonds is 4. The van der Waals surface area contributed by atoms with Crippen molar-refractivity contribution in [3.8, 4) is 11.4 Å². The lowest BCUT2D eigenvalue weighted by Crippen LogP contribution is -2.26. The third kappa shape index (κ3) is 2.98. The summed E-state index contributed by atoms with van der Waals surface area (Å²) in [4.78, 5) is 20.4. The minimum Gasteiger partial charge on any atom is -0.383 e. The number of benzene rings is 1. The van der Waals surface area contributed by atoms with E-state index in [0.717, 1.165) is 35.0 Å². The second kappa shape index (κ2) is 7.14. The fourth-order valence-electron chi connectivity index (χ4n) is 3.66. The van der Waals surface area contributed by atoms with E-state index in [4.69, 9.17) is 21.3 Å². The first-order valence-corrected chi connectivity index (χ1v) is 10.1. The lowest BCUT2D eigenvalue weighted by atomic mass is 9.89. The Labute approximate surface area is 161 Å². The summed E-state index contributed by atoms with van der Waals surface area (Å²) in [6, 6.07) is 7.54. The number of fused-ring (bicyclic) bond motifs is 3. The highest BCUT2D eigenvalue weighted by Gasteiger charge is 2.25. The summed E-state index contributed by atoms with van der Waals surface area (Å²) < 4.78 is 6.94. The molecule has 4 rings (SSSR count). The summed E-state index contributed by atoms with van der Waals surface area (Å²) in [5.74, 6) is 1.28. The van der Waals surface area contributed by atoms with Crippen LogP contribution in [-0.4, -0.2) is 23.3 Å². The summed E-state index contributed by atoms with van der Waals surface area (Å²) in [5, 5.41) is 1.39. The zero-order valence-corrected chi connectivity index (χ0v) is 16.5. The van der Waals surface area contributed by atoms with Gasteiger partial charge >= 0.3 is 0 Å². The third-order valence-corrected chi connectivity index (χ3v) is 6.53. The number of hydrogen-bond acceptors (Lipinski definition) is 4. The molecule has 1 unspecified atom stereocenters. The molecule has 0 saturated carbocycles. The van der Waals surface area contributed by atoms with Crippen LogP contribution in [-0.2, 0) is 24.1 Å². The van der Waals surface area contributed by atoms with E-state index in [1.54, 1.807) is 23.0 Å². The van der Waals surface area contributed by atoms with E-state index in [9.17, 15) is 4.79 Å². The average Bonchev–Trinajstić information content (AvgIpc) is 2.98. The molecule has 0 spiro atoms. The molecule has 1 aliphatic carbocycles. The zero-order chi connectivity index (χ0) is 18.3. The number of thiophene rings is 1. The highest BCUT2D eigenvalue weighted by molar-refractivity contribution is 7.18. The Balaban J connectivity index is 1.99. The van der Waals surface area contributed by atoms with E-state index in [1.165, 1.54) is 10.4 Å². The van der Waals surface area contributed by atoms with Crippen LogP contribution in [0.4, 0.5) is 0 Å². The van der Waals surface area contributed by atoms with Crippen LogP contribution in [0.5, 0.6) is 0 Å². The van der Waals surface area contributed by atoms with Crippen LogP contribution in [0.2, 0.25) is 5.02 Å². The molecule has 0 fully saturated rings. The molecule has 6 heteroatoms. The average molecular weight is 389 g/mol. The molecule has 0 aliphatic heterocycles. The molecule has 26 heavy (non-hydrogen) atoms. The molecule has 0 N–H and O–H groups in total. The molecule has 2 aromatic heterocycles. The SMILES string of the molecule is COCCn1c(-c2ccccc2Cl)nc2sc3c(c2c1=O)CCC(C)C3.